The van der Waals surface area contributed by atoms with Crippen LogP contribution in [-0.2, 0) is 7.05 Å². The van der Waals surface area contributed by atoms with Gasteiger partial charge in [-0.3, -0.25) is 10.5 Å². The largest absolute Gasteiger partial charge is 0.302 e. The lowest BCUT2D eigenvalue weighted by molar-refractivity contribution is 0.0531. The molecule has 0 spiro atoms. The van der Waals surface area contributed by atoms with Crippen LogP contribution < -0.4 is 11.3 Å². The predicted octanol–water partition coefficient (Wildman–Crippen LogP) is 1.50. The molecule has 1 saturated carbocycles. The third kappa shape index (κ3) is 2.42. The summed E-state index contributed by atoms with van der Waals surface area (Å²) in [6.45, 7) is 2.11. The summed E-state index contributed by atoms with van der Waals surface area (Å²) in [4.78, 5) is 2.35. The van der Waals surface area contributed by atoms with E-state index in [4.69, 9.17) is 5.84 Å². The number of nitrogens with two attached hydrogens (primary N) is 1. The first-order chi connectivity index (χ1) is 9.03. The number of nitrogens with one attached hydrogen (secondary N) is 1. The molecule has 1 fully saturated rings. The van der Waals surface area contributed by atoms with E-state index < -0.39 is 0 Å². The quantitative estimate of drug-likeness (QED) is 0.640. The van der Waals surface area contributed by atoms with Crippen LogP contribution in [0.4, 0.5) is 0 Å². The van der Waals surface area contributed by atoms with Gasteiger partial charge in [0.2, 0.25) is 0 Å². The molecule has 1 heterocycles. The zero-order valence-corrected chi connectivity index (χ0v) is 12.6. The molecule has 1 aliphatic rings. The summed E-state index contributed by atoms with van der Waals surface area (Å²) >= 11 is 0. The molecule has 0 aliphatic heterocycles. The molecule has 0 bridgehead atoms. The Hall–Kier alpha value is -0.910. The fourth-order valence-electron chi connectivity index (χ4n) is 3.62. The van der Waals surface area contributed by atoms with Crippen molar-refractivity contribution in [2.75, 3.05) is 14.1 Å². The molecular formula is C14H27N5. The minimum atomic E-state index is 0.0888. The summed E-state index contributed by atoms with van der Waals surface area (Å²) in [5, 5.41) is 4.37. The summed E-state index contributed by atoms with van der Waals surface area (Å²) in [5.41, 5.74) is 5.58. The maximum atomic E-state index is 5.94. The van der Waals surface area contributed by atoms with Crippen LogP contribution in [0.25, 0.3) is 0 Å². The predicted molar refractivity (Wildman–Crippen MR) is 77.5 cm³/mol. The number of hydrogen-bond donors (Lipinski definition) is 2. The summed E-state index contributed by atoms with van der Waals surface area (Å²) < 4.78 is 1.96. The summed E-state index contributed by atoms with van der Waals surface area (Å²) in [6, 6.07) is 0.121. The van der Waals surface area contributed by atoms with E-state index in [9.17, 15) is 0 Å². The molecule has 5 nitrogen and oxygen atoms in total. The van der Waals surface area contributed by atoms with E-state index in [0.29, 0.717) is 0 Å². The Kier molecular flexibility index (Phi) is 4.28. The van der Waals surface area contributed by atoms with Gasteiger partial charge in [0.25, 0.3) is 0 Å². The van der Waals surface area contributed by atoms with Gasteiger partial charge in [-0.05, 0) is 39.4 Å². The topological polar surface area (TPSA) is 59.1 Å². The molecule has 1 unspecified atom stereocenters. The third-order valence-corrected chi connectivity index (χ3v) is 4.76. The average molecular weight is 265 g/mol. The minimum absolute atomic E-state index is 0.0888. The first-order valence-corrected chi connectivity index (χ1v) is 7.15. The molecule has 0 saturated heterocycles. The fourth-order valence-corrected chi connectivity index (χ4v) is 3.62. The maximum Gasteiger partial charge on any atom is 0.0814 e. The molecule has 108 valence electrons. The summed E-state index contributed by atoms with van der Waals surface area (Å²) in [6.07, 6.45) is 8.16. The van der Waals surface area contributed by atoms with Gasteiger partial charge < -0.3 is 4.90 Å². The zero-order chi connectivity index (χ0) is 14.0. The van der Waals surface area contributed by atoms with Crippen LogP contribution in [0.5, 0.6) is 0 Å². The number of hydrogen-bond acceptors (Lipinski definition) is 4. The highest BCUT2D eigenvalue weighted by Crippen LogP contribution is 2.42. The summed E-state index contributed by atoms with van der Waals surface area (Å²) in [5.74, 6) is 5.94. The van der Waals surface area contributed by atoms with Gasteiger partial charge in [0.05, 0.1) is 17.9 Å². The number of hydrazine groups is 1. The number of aryl methyl sites for hydroxylation is 2. The Morgan fingerprint density at radius 3 is 2.42 bits per heavy atom. The highest BCUT2D eigenvalue weighted by Gasteiger charge is 2.43. The number of likely N-dealkylation sites (N-methyl/N-ethyl adjacent to an activating group) is 1. The normalized spacial score (nSPS) is 20.7. The van der Waals surface area contributed by atoms with Gasteiger partial charge in [-0.2, -0.15) is 5.10 Å². The van der Waals surface area contributed by atoms with Crippen molar-refractivity contribution in [3.8, 4) is 0 Å². The van der Waals surface area contributed by atoms with Gasteiger partial charge in [0, 0.05) is 12.6 Å². The molecule has 1 aliphatic carbocycles. The zero-order valence-electron chi connectivity index (χ0n) is 12.6. The van der Waals surface area contributed by atoms with Crippen LogP contribution in [0, 0.1) is 6.92 Å². The molecule has 0 amide bonds. The van der Waals surface area contributed by atoms with E-state index in [1.54, 1.807) is 0 Å². The van der Waals surface area contributed by atoms with Gasteiger partial charge in [-0.25, -0.2) is 5.43 Å². The average Bonchev–Trinajstić information content (AvgIpc) is 2.72. The van der Waals surface area contributed by atoms with Crippen molar-refractivity contribution in [1.29, 1.82) is 0 Å². The van der Waals surface area contributed by atoms with Crippen molar-refractivity contribution in [1.82, 2.24) is 20.1 Å². The van der Waals surface area contributed by atoms with E-state index in [0.717, 1.165) is 0 Å². The van der Waals surface area contributed by atoms with Crippen molar-refractivity contribution in [3.05, 3.63) is 17.5 Å². The van der Waals surface area contributed by atoms with Gasteiger partial charge in [-0.15, -0.1) is 0 Å². The van der Waals surface area contributed by atoms with Gasteiger partial charge in [0.15, 0.2) is 0 Å². The molecule has 2 rings (SSSR count). The fraction of sp³-hybridized carbons (Fsp3) is 0.786. The SMILES string of the molecule is Cc1cnn(C)c1C(NN)C1(N(C)C)CCCCC1. The van der Waals surface area contributed by atoms with Crippen molar-refractivity contribution in [3.63, 3.8) is 0 Å². The van der Waals surface area contributed by atoms with Gasteiger partial charge in [-0.1, -0.05) is 19.3 Å². The minimum Gasteiger partial charge on any atom is -0.302 e. The van der Waals surface area contributed by atoms with E-state index in [1.165, 1.54) is 43.4 Å². The second-order valence-electron chi connectivity index (χ2n) is 5.99. The standard InChI is InChI=1S/C14H27N5/c1-11-10-16-19(4)12(11)13(17-15)14(18(2)3)8-6-5-7-9-14/h10,13,17H,5-9,15H2,1-4H3. The second kappa shape index (κ2) is 5.61. The van der Waals surface area contributed by atoms with Crippen LogP contribution in [0.3, 0.4) is 0 Å². The molecule has 0 aromatic carbocycles. The Morgan fingerprint density at radius 1 is 1.37 bits per heavy atom. The Balaban J connectivity index is 2.43. The van der Waals surface area contributed by atoms with Gasteiger partial charge in [0.1, 0.15) is 0 Å². The monoisotopic (exact) mass is 265 g/mol. The Bertz CT molecular complexity index is 398. The van der Waals surface area contributed by atoms with Crippen LogP contribution in [0.1, 0.15) is 49.4 Å². The van der Waals surface area contributed by atoms with E-state index in [2.05, 4.69) is 36.4 Å². The summed E-state index contributed by atoms with van der Waals surface area (Å²) in [7, 11) is 6.33. The van der Waals surface area contributed by atoms with Crippen LogP contribution in [0.15, 0.2) is 6.20 Å². The second-order valence-corrected chi connectivity index (χ2v) is 5.99. The molecule has 1 atom stereocenters. The van der Waals surface area contributed by atoms with Crippen molar-refractivity contribution in [2.45, 2.75) is 50.6 Å². The lowest BCUT2D eigenvalue weighted by Crippen LogP contribution is -2.56. The van der Waals surface area contributed by atoms with Crippen LogP contribution in [-0.4, -0.2) is 34.3 Å². The van der Waals surface area contributed by atoms with Crippen molar-refractivity contribution in [2.24, 2.45) is 12.9 Å². The first kappa shape index (κ1) is 14.5. The highest BCUT2D eigenvalue weighted by atomic mass is 15.3. The van der Waals surface area contributed by atoms with Crippen LogP contribution >= 0.6 is 0 Å². The molecule has 1 aromatic rings. The van der Waals surface area contributed by atoms with E-state index >= 15 is 0 Å². The molecule has 1 aromatic heterocycles. The third-order valence-electron chi connectivity index (χ3n) is 4.76. The van der Waals surface area contributed by atoms with E-state index in [-0.39, 0.29) is 11.6 Å². The van der Waals surface area contributed by atoms with Crippen LogP contribution in [0.2, 0.25) is 0 Å². The Labute approximate surface area is 116 Å². The van der Waals surface area contributed by atoms with Crippen molar-refractivity contribution < 1.29 is 0 Å². The maximum absolute atomic E-state index is 5.94. The number of rotatable bonds is 4. The van der Waals surface area contributed by atoms with Gasteiger partial charge >= 0.3 is 0 Å². The molecule has 19 heavy (non-hydrogen) atoms. The Morgan fingerprint density at radius 2 is 2.00 bits per heavy atom. The lowest BCUT2D eigenvalue weighted by Gasteiger charge is -2.48. The van der Waals surface area contributed by atoms with Crippen molar-refractivity contribution >= 4 is 0 Å². The number of aromatic nitrogens is 2. The highest BCUT2D eigenvalue weighted by molar-refractivity contribution is 5.24. The molecular weight excluding hydrogens is 238 g/mol. The molecule has 3 N–H and O–H groups in total. The number of nitrogens with zero attached hydrogens (tertiary/aromatic N) is 3. The lowest BCUT2D eigenvalue weighted by atomic mass is 9.74. The van der Waals surface area contributed by atoms with E-state index in [1.807, 2.05) is 17.9 Å². The molecule has 5 heteroatoms. The smallest absolute Gasteiger partial charge is 0.0814 e. The molecule has 0 radical (unpaired) electrons. The first-order valence-electron chi connectivity index (χ1n) is 7.15.